The summed E-state index contributed by atoms with van der Waals surface area (Å²) >= 11 is 3.55. The fraction of sp³-hybridized carbons (Fsp3) is 0.222. The number of nitrogens with one attached hydrogen (secondary N) is 1. The van der Waals surface area contributed by atoms with E-state index in [9.17, 15) is 0 Å². The Labute approximate surface area is 153 Å². The van der Waals surface area contributed by atoms with Crippen molar-refractivity contribution >= 4 is 38.9 Å². The number of guanidine groups is 1. The molecule has 3 N–H and O–H groups in total. The number of halogens is 1. The van der Waals surface area contributed by atoms with Gasteiger partial charge in [-0.3, -0.25) is 9.88 Å². The van der Waals surface area contributed by atoms with Crippen LogP contribution in [0, 0.1) is 0 Å². The number of hydrogen-bond acceptors (Lipinski definition) is 5. The topological polar surface area (TPSA) is 77.5 Å². The lowest BCUT2D eigenvalue weighted by atomic mass is 10.1. The predicted molar refractivity (Wildman–Crippen MR) is 103 cm³/mol. The summed E-state index contributed by atoms with van der Waals surface area (Å²) in [5, 5.41) is 3.05. The van der Waals surface area contributed by atoms with Crippen LogP contribution in [0.15, 0.2) is 51.9 Å². The maximum atomic E-state index is 6.02. The fourth-order valence-electron chi connectivity index (χ4n) is 2.99. The zero-order valence-electron chi connectivity index (χ0n) is 13.7. The molecule has 7 heteroatoms. The van der Waals surface area contributed by atoms with Crippen molar-refractivity contribution in [3.63, 3.8) is 0 Å². The van der Waals surface area contributed by atoms with E-state index in [2.05, 4.69) is 38.1 Å². The molecule has 3 aromatic rings. The number of imidazole rings is 1. The Morgan fingerprint density at radius 1 is 1.28 bits per heavy atom. The van der Waals surface area contributed by atoms with Crippen LogP contribution in [0.25, 0.3) is 11.0 Å². The number of rotatable bonds is 4. The van der Waals surface area contributed by atoms with E-state index in [4.69, 9.17) is 10.5 Å². The molecule has 4 rings (SSSR count). The molecule has 0 saturated heterocycles. The minimum atomic E-state index is -0.340. The van der Waals surface area contributed by atoms with E-state index in [0.29, 0.717) is 18.5 Å². The van der Waals surface area contributed by atoms with Crippen molar-refractivity contribution in [3.8, 4) is 5.75 Å². The maximum Gasteiger partial charge on any atom is 0.212 e. The number of aromatic nitrogens is 2. The number of nitrogens with zero attached hydrogens (tertiary/aromatic N) is 3. The molecule has 1 aliphatic rings. The third kappa shape index (κ3) is 2.84. The van der Waals surface area contributed by atoms with E-state index in [1.807, 2.05) is 47.0 Å². The van der Waals surface area contributed by atoms with Crippen molar-refractivity contribution in [1.29, 1.82) is 0 Å². The second kappa shape index (κ2) is 6.40. The number of fused-ring (bicyclic) bond motifs is 3. The van der Waals surface area contributed by atoms with Gasteiger partial charge < -0.3 is 10.5 Å². The molecule has 2 aromatic carbocycles. The third-order valence-corrected chi connectivity index (χ3v) is 4.55. The first-order chi connectivity index (χ1) is 12.2. The highest BCUT2D eigenvalue weighted by molar-refractivity contribution is 9.10. The van der Waals surface area contributed by atoms with E-state index in [1.54, 1.807) is 0 Å². The van der Waals surface area contributed by atoms with Gasteiger partial charge >= 0.3 is 0 Å². The number of ether oxygens (including phenoxy) is 1. The zero-order chi connectivity index (χ0) is 17.4. The monoisotopic (exact) mass is 399 g/mol. The summed E-state index contributed by atoms with van der Waals surface area (Å²) in [4.78, 5) is 9.26. The molecule has 0 fully saturated rings. The number of para-hydroxylation sites is 2. The highest BCUT2D eigenvalue weighted by atomic mass is 79.9. The van der Waals surface area contributed by atoms with Gasteiger partial charge in [-0.2, -0.15) is 0 Å². The van der Waals surface area contributed by atoms with E-state index >= 15 is 0 Å². The first-order valence-corrected chi connectivity index (χ1v) is 8.96. The average Bonchev–Trinajstić information content (AvgIpc) is 2.98. The molecule has 6 nitrogen and oxygen atoms in total. The van der Waals surface area contributed by atoms with E-state index in [0.717, 1.165) is 33.2 Å². The quantitative estimate of drug-likeness (QED) is 0.697. The van der Waals surface area contributed by atoms with Gasteiger partial charge in [0.15, 0.2) is 12.1 Å². The minimum absolute atomic E-state index is 0.340. The molecule has 128 valence electrons. The maximum absolute atomic E-state index is 6.02. The Balaban J connectivity index is 1.91. The van der Waals surface area contributed by atoms with Crippen LogP contribution in [0.3, 0.4) is 0 Å². The largest absolute Gasteiger partial charge is 0.493 e. The zero-order valence-corrected chi connectivity index (χ0v) is 15.3. The lowest BCUT2D eigenvalue weighted by molar-refractivity contribution is 0.311. The number of hydrogen-bond donors (Lipinski definition) is 2. The molecule has 0 bridgehead atoms. The summed E-state index contributed by atoms with van der Waals surface area (Å²) in [6.07, 6.45) is 0.597. The Morgan fingerprint density at radius 2 is 2.12 bits per heavy atom. The van der Waals surface area contributed by atoms with Crippen LogP contribution in [-0.4, -0.2) is 22.1 Å². The van der Waals surface area contributed by atoms with Gasteiger partial charge in [0.25, 0.3) is 0 Å². The molecule has 0 unspecified atom stereocenters. The molecule has 0 amide bonds. The fourth-order valence-corrected chi connectivity index (χ4v) is 3.37. The molecular weight excluding hydrogens is 382 g/mol. The van der Waals surface area contributed by atoms with Crippen LogP contribution >= 0.6 is 15.9 Å². The van der Waals surface area contributed by atoms with Crippen molar-refractivity contribution in [2.75, 3.05) is 11.9 Å². The van der Waals surface area contributed by atoms with Crippen LogP contribution in [-0.2, 0) is 0 Å². The SMILES string of the molecule is CCCOc1ccc(Br)cc1[C@@H]1N=C(N)Nc2nc3ccccc3n21. The summed E-state index contributed by atoms with van der Waals surface area (Å²) in [6, 6.07) is 13.9. The van der Waals surface area contributed by atoms with Gasteiger partial charge in [0.2, 0.25) is 5.95 Å². The van der Waals surface area contributed by atoms with Gasteiger partial charge in [-0.25, -0.2) is 9.98 Å². The average molecular weight is 400 g/mol. The van der Waals surface area contributed by atoms with Crippen molar-refractivity contribution in [2.24, 2.45) is 10.7 Å². The second-order valence-electron chi connectivity index (χ2n) is 5.84. The first-order valence-electron chi connectivity index (χ1n) is 8.17. The Kier molecular flexibility index (Phi) is 4.09. The molecule has 1 aromatic heterocycles. The molecule has 0 spiro atoms. The van der Waals surface area contributed by atoms with Crippen molar-refractivity contribution in [2.45, 2.75) is 19.5 Å². The van der Waals surface area contributed by atoms with Gasteiger partial charge in [-0.05, 0) is 36.8 Å². The summed E-state index contributed by atoms with van der Waals surface area (Å²) in [7, 11) is 0. The predicted octanol–water partition coefficient (Wildman–Crippen LogP) is 3.87. The Hall–Kier alpha value is -2.54. The molecular formula is C18H18BrN5O. The molecule has 1 atom stereocenters. The van der Waals surface area contributed by atoms with Gasteiger partial charge in [0, 0.05) is 10.0 Å². The van der Waals surface area contributed by atoms with Crippen molar-refractivity contribution in [3.05, 3.63) is 52.5 Å². The van der Waals surface area contributed by atoms with E-state index in [1.165, 1.54) is 0 Å². The summed E-state index contributed by atoms with van der Waals surface area (Å²) in [6.45, 7) is 2.73. The molecule has 0 saturated carbocycles. The van der Waals surface area contributed by atoms with Crippen LogP contribution in [0.1, 0.15) is 25.1 Å². The molecule has 0 aliphatic carbocycles. The van der Waals surface area contributed by atoms with Gasteiger partial charge in [0.1, 0.15) is 5.75 Å². The van der Waals surface area contributed by atoms with Gasteiger partial charge in [0.05, 0.1) is 17.6 Å². The number of benzene rings is 2. The normalized spacial score (nSPS) is 16.2. The lowest BCUT2D eigenvalue weighted by Gasteiger charge is -2.25. The molecule has 2 heterocycles. The molecule has 0 radical (unpaired) electrons. The highest BCUT2D eigenvalue weighted by Gasteiger charge is 2.27. The van der Waals surface area contributed by atoms with Crippen LogP contribution < -0.4 is 15.8 Å². The molecule has 1 aliphatic heterocycles. The Morgan fingerprint density at radius 3 is 2.96 bits per heavy atom. The lowest BCUT2D eigenvalue weighted by Crippen LogP contribution is -2.31. The number of anilines is 1. The first kappa shape index (κ1) is 16.0. The third-order valence-electron chi connectivity index (χ3n) is 4.05. The van der Waals surface area contributed by atoms with E-state index in [-0.39, 0.29) is 6.17 Å². The van der Waals surface area contributed by atoms with Gasteiger partial charge in [-0.15, -0.1) is 0 Å². The number of aliphatic imine (C=N–C) groups is 1. The van der Waals surface area contributed by atoms with E-state index < -0.39 is 0 Å². The van der Waals surface area contributed by atoms with Gasteiger partial charge in [-0.1, -0.05) is 35.0 Å². The Bertz CT molecular complexity index is 965. The standard InChI is InChI=1S/C18H18BrN5O/c1-2-9-25-15-8-7-11(19)10-12(15)16-22-17(20)23-18-21-13-5-3-4-6-14(13)24(16)18/h3-8,10,16H,2,9H2,1H3,(H3,20,21,22,23)/t16-/m1/s1. The molecule has 25 heavy (non-hydrogen) atoms. The smallest absolute Gasteiger partial charge is 0.212 e. The second-order valence-corrected chi connectivity index (χ2v) is 6.75. The summed E-state index contributed by atoms with van der Waals surface area (Å²) < 4.78 is 8.96. The number of nitrogens with two attached hydrogens (primary N) is 1. The van der Waals surface area contributed by atoms with Crippen molar-refractivity contribution in [1.82, 2.24) is 9.55 Å². The summed E-state index contributed by atoms with van der Waals surface area (Å²) in [5.74, 6) is 1.83. The van der Waals surface area contributed by atoms with Crippen LogP contribution in [0.4, 0.5) is 5.95 Å². The van der Waals surface area contributed by atoms with Crippen LogP contribution in [0.5, 0.6) is 5.75 Å². The summed E-state index contributed by atoms with van der Waals surface area (Å²) in [5.41, 5.74) is 8.85. The highest BCUT2D eigenvalue weighted by Crippen LogP contribution is 2.37. The van der Waals surface area contributed by atoms with Crippen LogP contribution in [0.2, 0.25) is 0 Å². The van der Waals surface area contributed by atoms with Crippen molar-refractivity contribution < 1.29 is 4.74 Å². The minimum Gasteiger partial charge on any atom is -0.493 e.